The van der Waals surface area contributed by atoms with Crippen LogP contribution in [-0.2, 0) is 9.59 Å². The Morgan fingerprint density at radius 3 is 2.00 bits per heavy atom. The number of carboxylic acids is 1. The Hall–Kier alpha value is -2.05. The highest BCUT2D eigenvalue weighted by molar-refractivity contribution is 6.02. The third kappa shape index (κ3) is 3.49. The highest BCUT2D eigenvalue weighted by Crippen LogP contribution is 2.28. The van der Waals surface area contributed by atoms with Crippen molar-refractivity contribution in [2.75, 3.05) is 4.90 Å². The van der Waals surface area contributed by atoms with E-state index in [1.807, 2.05) is 0 Å². The van der Waals surface area contributed by atoms with Crippen LogP contribution in [-0.4, -0.2) is 29.2 Å². The van der Waals surface area contributed by atoms with Gasteiger partial charge < -0.3 is 5.11 Å². The van der Waals surface area contributed by atoms with Gasteiger partial charge in [-0.2, -0.15) is 13.2 Å². The Labute approximate surface area is 113 Å². The third-order valence-corrected chi connectivity index (χ3v) is 2.66. The van der Waals surface area contributed by atoms with Gasteiger partial charge in [-0.25, -0.2) is 4.79 Å². The lowest BCUT2D eigenvalue weighted by Gasteiger charge is -2.31. The molecular weight excluding hydrogens is 275 g/mol. The molecule has 0 aliphatic rings. The molecule has 0 saturated carbocycles. The molecule has 0 fully saturated rings. The van der Waals surface area contributed by atoms with Gasteiger partial charge in [0.05, 0.1) is 0 Å². The number of hydrogen-bond donors (Lipinski definition) is 1. The van der Waals surface area contributed by atoms with E-state index in [0.717, 1.165) is 0 Å². The molecule has 0 aromatic heterocycles. The first-order chi connectivity index (χ1) is 9.16. The maximum Gasteiger partial charge on any atom is 0.471 e. The molecule has 4 nitrogen and oxygen atoms in total. The Kier molecular flexibility index (Phi) is 4.75. The minimum Gasteiger partial charge on any atom is -0.480 e. The number of carboxylic acid groups (broad SMARTS) is 1. The van der Waals surface area contributed by atoms with Crippen LogP contribution < -0.4 is 4.90 Å². The fraction of sp³-hybridized carbons (Fsp3) is 0.385. The van der Waals surface area contributed by atoms with Crippen molar-refractivity contribution in [3.63, 3.8) is 0 Å². The number of carbonyl (C=O) groups is 2. The number of hydrogen-bond acceptors (Lipinski definition) is 2. The monoisotopic (exact) mass is 289 g/mol. The number of para-hydroxylation sites is 1. The Bertz CT molecular complexity index is 485. The quantitative estimate of drug-likeness (QED) is 0.927. The van der Waals surface area contributed by atoms with Gasteiger partial charge in [0.2, 0.25) is 0 Å². The van der Waals surface area contributed by atoms with Crippen molar-refractivity contribution in [3.05, 3.63) is 30.3 Å². The smallest absolute Gasteiger partial charge is 0.471 e. The van der Waals surface area contributed by atoms with Gasteiger partial charge in [0, 0.05) is 5.69 Å². The zero-order valence-electron chi connectivity index (χ0n) is 10.9. The van der Waals surface area contributed by atoms with Crippen LogP contribution in [0.2, 0.25) is 0 Å². The zero-order chi connectivity index (χ0) is 15.5. The number of anilines is 1. The van der Waals surface area contributed by atoms with E-state index in [0.29, 0.717) is 0 Å². The summed E-state index contributed by atoms with van der Waals surface area (Å²) in [7, 11) is 0. The number of benzene rings is 1. The largest absolute Gasteiger partial charge is 0.480 e. The molecule has 20 heavy (non-hydrogen) atoms. The van der Waals surface area contributed by atoms with E-state index in [9.17, 15) is 22.8 Å². The SMILES string of the molecule is CC(C)[C@@H](C(=O)O)N(C(=O)C(F)(F)F)c1ccccc1. The molecule has 7 heteroatoms. The molecule has 110 valence electrons. The number of aliphatic carboxylic acids is 1. The van der Waals surface area contributed by atoms with Gasteiger partial charge in [-0.3, -0.25) is 9.69 Å². The van der Waals surface area contributed by atoms with Crippen molar-refractivity contribution in [1.29, 1.82) is 0 Å². The fourth-order valence-electron chi connectivity index (χ4n) is 1.82. The lowest BCUT2D eigenvalue weighted by molar-refractivity contribution is -0.172. The Morgan fingerprint density at radius 2 is 1.65 bits per heavy atom. The molecule has 1 atom stereocenters. The Morgan fingerprint density at radius 1 is 1.15 bits per heavy atom. The fourth-order valence-corrected chi connectivity index (χ4v) is 1.82. The summed E-state index contributed by atoms with van der Waals surface area (Å²) >= 11 is 0. The summed E-state index contributed by atoms with van der Waals surface area (Å²) in [6.07, 6.45) is -5.14. The van der Waals surface area contributed by atoms with Gasteiger partial charge in [-0.1, -0.05) is 32.0 Å². The minimum absolute atomic E-state index is 0.101. The average molecular weight is 289 g/mol. The van der Waals surface area contributed by atoms with E-state index in [1.165, 1.54) is 38.1 Å². The van der Waals surface area contributed by atoms with E-state index in [2.05, 4.69) is 0 Å². The number of amides is 1. The molecule has 1 aromatic carbocycles. The second-order valence-electron chi connectivity index (χ2n) is 4.54. The first kappa shape index (κ1) is 16.0. The van der Waals surface area contributed by atoms with E-state index < -0.39 is 30.0 Å². The summed E-state index contributed by atoms with van der Waals surface area (Å²) in [4.78, 5) is 23.1. The molecule has 0 aliphatic carbocycles. The van der Waals surface area contributed by atoms with Crippen LogP contribution >= 0.6 is 0 Å². The van der Waals surface area contributed by atoms with Crippen molar-refractivity contribution >= 4 is 17.6 Å². The number of nitrogens with zero attached hydrogens (tertiary/aromatic N) is 1. The van der Waals surface area contributed by atoms with Crippen molar-refractivity contribution in [3.8, 4) is 0 Å². The van der Waals surface area contributed by atoms with Gasteiger partial charge in [0.1, 0.15) is 6.04 Å². The molecule has 0 heterocycles. The van der Waals surface area contributed by atoms with Crippen LogP contribution in [0.1, 0.15) is 13.8 Å². The van der Waals surface area contributed by atoms with Gasteiger partial charge in [0.15, 0.2) is 0 Å². The zero-order valence-corrected chi connectivity index (χ0v) is 10.9. The number of halogens is 3. The van der Waals surface area contributed by atoms with E-state index in [-0.39, 0.29) is 10.6 Å². The van der Waals surface area contributed by atoms with Gasteiger partial charge in [-0.15, -0.1) is 0 Å². The van der Waals surface area contributed by atoms with E-state index in [1.54, 1.807) is 6.07 Å². The molecule has 0 unspecified atom stereocenters. The molecule has 0 aliphatic heterocycles. The highest BCUT2D eigenvalue weighted by atomic mass is 19.4. The third-order valence-electron chi connectivity index (χ3n) is 2.66. The summed E-state index contributed by atoms with van der Waals surface area (Å²) in [6, 6.07) is 5.37. The second-order valence-corrected chi connectivity index (χ2v) is 4.54. The van der Waals surface area contributed by atoms with Crippen LogP contribution in [0.25, 0.3) is 0 Å². The molecular formula is C13H14F3NO3. The molecule has 1 amide bonds. The lowest BCUT2D eigenvalue weighted by Crippen LogP contribution is -2.53. The molecule has 0 saturated heterocycles. The maximum absolute atomic E-state index is 12.7. The maximum atomic E-state index is 12.7. The summed E-state index contributed by atoms with van der Waals surface area (Å²) in [5, 5.41) is 9.13. The van der Waals surface area contributed by atoms with Crippen LogP contribution in [0.5, 0.6) is 0 Å². The van der Waals surface area contributed by atoms with Crippen molar-refractivity contribution in [2.45, 2.75) is 26.1 Å². The van der Waals surface area contributed by atoms with Gasteiger partial charge >= 0.3 is 18.1 Å². The summed E-state index contributed by atoms with van der Waals surface area (Å²) in [5.74, 6) is -4.36. The first-order valence-electron chi connectivity index (χ1n) is 5.84. The molecule has 0 spiro atoms. The van der Waals surface area contributed by atoms with Gasteiger partial charge in [-0.05, 0) is 18.1 Å². The number of carbonyl (C=O) groups excluding carboxylic acids is 1. The molecule has 1 N–H and O–H groups in total. The average Bonchev–Trinajstić information content (AvgIpc) is 2.33. The standard InChI is InChI=1S/C13H14F3NO3/c1-8(2)10(11(18)19)17(12(20)13(14,15)16)9-6-4-3-5-7-9/h3-8,10H,1-2H3,(H,18,19)/t10-/m0/s1. The summed E-state index contributed by atoms with van der Waals surface area (Å²) in [5.41, 5.74) is -0.101. The lowest BCUT2D eigenvalue weighted by atomic mass is 10.0. The molecule has 0 bridgehead atoms. The van der Waals surface area contributed by atoms with Crippen LogP contribution in [0, 0.1) is 5.92 Å². The minimum atomic E-state index is -5.14. The summed E-state index contributed by atoms with van der Waals surface area (Å²) in [6.45, 7) is 2.89. The molecule has 1 aromatic rings. The number of rotatable bonds is 4. The number of alkyl halides is 3. The second kappa shape index (κ2) is 5.94. The molecule has 1 rings (SSSR count). The predicted octanol–water partition coefficient (Wildman–Crippen LogP) is 2.69. The normalized spacial score (nSPS) is 13.1. The van der Waals surface area contributed by atoms with Crippen molar-refractivity contribution in [2.24, 2.45) is 5.92 Å². The van der Waals surface area contributed by atoms with E-state index in [4.69, 9.17) is 5.11 Å². The highest BCUT2D eigenvalue weighted by Gasteiger charge is 2.47. The van der Waals surface area contributed by atoms with Crippen LogP contribution in [0.3, 0.4) is 0 Å². The van der Waals surface area contributed by atoms with E-state index >= 15 is 0 Å². The van der Waals surface area contributed by atoms with Crippen LogP contribution in [0.4, 0.5) is 18.9 Å². The van der Waals surface area contributed by atoms with Crippen LogP contribution in [0.15, 0.2) is 30.3 Å². The van der Waals surface area contributed by atoms with Crippen molar-refractivity contribution < 1.29 is 27.9 Å². The van der Waals surface area contributed by atoms with Crippen molar-refractivity contribution in [1.82, 2.24) is 0 Å². The first-order valence-corrected chi connectivity index (χ1v) is 5.84. The Balaban J connectivity index is 3.35. The topological polar surface area (TPSA) is 57.6 Å². The summed E-state index contributed by atoms with van der Waals surface area (Å²) < 4.78 is 38.1. The predicted molar refractivity (Wildman–Crippen MR) is 66.2 cm³/mol. The molecule has 0 radical (unpaired) electrons. The van der Waals surface area contributed by atoms with Gasteiger partial charge in [0.25, 0.3) is 0 Å².